The van der Waals surface area contributed by atoms with Gasteiger partial charge in [-0.25, -0.2) is 9.50 Å². The molecule has 1 unspecified atom stereocenters. The number of benzene rings is 2. The Morgan fingerprint density at radius 3 is 2.60 bits per heavy atom. The molecule has 0 bridgehead atoms. The summed E-state index contributed by atoms with van der Waals surface area (Å²) in [6.07, 6.45) is 1.44. The minimum atomic E-state index is -0.328. The number of piperidine rings is 1. The molecule has 1 saturated heterocycles. The van der Waals surface area contributed by atoms with E-state index in [2.05, 4.69) is 0 Å². The number of rotatable bonds is 5. The van der Waals surface area contributed by atoms with Crippen LogP contribution in [0.2, 0.25) is 5.02 Å². The molecule has 2 aromatic heterocycles. The highest BCUT2D eigenvalue weighted by Crippen LogP contribution is 2.29. The van der Waals surface area contributed by atoms with Crippen molar-refractivity contribution < 1.29 is 14.3 Å². The molecule has 0 saturated carbocycles. The van der Waals surface area contributed by atoms with Gasteiger partial charge in [0.2, 0.25) is 0 Å². The lowest BCUT2D eigenvalue weighted by atomic mass is 9.98. The molecule has 178 valence electrons. The van der Waals surface area contributed by atoms with Crippen LogP contribution in [0.4, 0.5) is 0 Å². The van der Waals surface area contributed by atoms with Crippen molar-refractivity contribution in [2.24, 2.45) is 5.92 Å². The fourth-order valence-electron chi connectivity index (χ4n) is 4.46. The van der Waals surface area contributed by atoms with E-state index < -0.39 is 0 Å². The van der Waals surface area contributed by atoms with E-state index in [1.807, 2.05) is 54.6 Å². The first-order chi connectivity index (χ1) is 17.0. The smallest absolute Gasteiger partial charge is 0.310 e. The quantitative estimate of drug-likeness (QED) is 0.364. The number of likely N-dealkylation sites (tertiary alicyclic amines) is 1. The second-order valence-electron chi connectivity index (χ2n) is 8.51. The SMILES string of the molecule is CCOC(=O)C1CCCN(C(=O)c2cc(-c3ccccc3Cl)nc3cc(-c4ccccc4)nn23)C1. The van der Waals surface area contributed by atoms with Crippen LogP contribution in [0.1, 0.15) is 30.3 Å². The van der Waals surface area contributed by atoms with Crippen LogP contribution in [0.5, 0.6) is 0 Å². The highest BCUT2D eigenvalue weighted by molar-refractivity contribution is 6.33. The summed E-state index contributed by atoms with van der Waals surface area (Å²) in [5.74, 6) is -0.792. The fraction of sp³-hybridized carbons (Fsp3) is 0.259. The third kappa shape index (κ3) is 4.64. The minimum absolute atomic E-state index is 0.206. The van der Waals surface area contributed by atoms with Crippen molar-refractivity contribution in [3.8, 4) is 22.5 Å². The molecule has 1 aliphatic rings. The van der Waals surface area contributed by atoms with E-state index >= 15 is 0 Å². The monoisotopic (exact) mass is 488 g/mol. The van der Waals surface area contributed by atoms with E-state index in [0.29, 0.717) is 53.9 Å². The van der Waals surface area contributed by atoms with Gasteiger partial charge in [0.05, 0.1) is 23.9 Å². The summed E-state index contributed by atoms with van der Waals surface area (Å²) in [5, 5.41) is 5.27. The number of carbonyl (C=O) groups is 2. The third-order valence-electron chi connectivity index (χ3n) is 6.19. The summed E-state index contributed by atoms with van der Waals surface area (Å²) in [7, 11) is 0. The summed E-state index contributed by atoms with van der Waals surface area (Å²) < 4.78 is 6.79. The van der Waals surface area contributed by atoms with E-state index in [1.165, 1.54) is 0 Å². The maximum atomic E-state index is 13.8. The van der Waals surface area contributed by atoms with Crippen LogP contribution in [-0.2, 0) is 9.53 Å². The summed E-state index contributed by atoms with van der Waals surface area (Å²) in [5.41, 5.74) is 3.88. The molecule has 2 aromatic carbocycles. The van der Waals surface area contributed by atoms with Crippen LogP contribution in [0, 0.1) is 5.92 Å². The zero-order chi connectivity index (χ0) is 24.4. The number of hydrogen-bond donors (Lipinski definition) is 0. The number of aromatic nitrogens is 3. The first kappa shape index (κ1) is 23.1. The predicted octanol–water partition coefficient (Wildman–Crippen LogP) is 5.13. The molecule has 3 heterocycles. The Morgan fingerprint density at radius 2 is 1.83 bits per heavy atom. The molecule has 1 fully saturated rings. The lowest BCUT2D eigenvalue weighted by Gasteiger charge is -2.31. The van der Waals surface area contributed by atoms with Gasteiger partial charge in [-0.05, 0) is 31.9 Å². The number of esters is 1. The Labute approximate surface area is 208 Å². The van der Waals surface area contributed by atoms with Crippen molar-refractivity contribution in [2.75, 3.05) is 19.7 Å². The highest BCUT2D eigenvalue weighted by atomic mass is 35.5. The van der Waals surface area contributed by atoms with Crippen molar-refractivity contribution in [3.05, 3.63) is 77.4 Å². The van der Waals surface area contributed by atoms with E-state index in [4.69, 9.17) is 26.4 Å². The second-order valence-corrected chi connectivity index (χ2v) is 8.92. The lowest BCUT2D eigenvalue weighted by Crippen LogP contribution is -2.43. The zero-order valence-electron chi connectivity index (χ0n) is 19.4. The van der Waals surface area contributed by atoms with Gasteiger partial charge in [0, 0.05) is 35.3 Å². The van der Waals surface area contributed by atoms with Crippen molar-refractivity contribution >= 4 is 29.1 Å². The maximum absolute atomic E-state index is 13.8. The molecule has 1 aliphatic heterocycles. The molecule has 0 N–H and O–H groups in total. The molecule has 1 atom stereocenters. The minimum Gasteiger partial charge on any atom is -0.466 e. The Balaban J connectivity index is 1.59. The largest absolute Gasteiger partial charge is 0.466 e. The van der Waals surface area contributed by atoms with Crippen LogP contribution in [0.25, 0.3) is 28.2 Å². The van der Waals surface area contributed by atoms with Crippen LogP contribution >= 0.6 is 11.6 Å². The molecule has 0 aliphatic carbocycles. The molecule has 0 radical (unpaired) electrons. The molecule has 8 heteroatoms. The highest BCUT2D eigenvalue weighted by Gasteiger charge is 2.31. The molecular weight excluding hydrogens is 464 g/mol. The molecule has 7 nitrogen and oxygen atoms in total. The molecule has 1 amide bonds. The summed E-state index contributed by atoms with van der Waals surface area (Å²) in [6, 6.07) is 20.8. The molecular formula is C27H25ClN4O3. The Kier molecular flexibility index (Phi) is 6.51. The number of amides is 1. The van der Waals surface area contributed by atoms with Gasteiger partial charge in [-0.2, -0.15) is 5.10 Å². The number of ether oxygens (including phenoxy) is 1. The van der Waals surface area contributed by atoms with Gasteiger partial charge in [-0.3, -0.25) is 9.59 Å². The predicted molar refractivity (Wildman–Crippen MR) is 134 cm³/mol. The Morgan fingerprint density at radius 1 is 1.06 bits per heavy atom. The van der Waals surface area contributed by atoms with Crippen LogP contribution in [0.15, 0.2) is 66.7 Å². The summed E-state index contributed by atoms with van der Waals surface area (Å²) in [4.78, 5) is 32.6. The molecule has 35 heavy (non-hydrogen) atoms. The standard InChI is InChI=1S/C27H25ClN4O3/c1-2-35-27(34)19-11-8-14-31(17-19)26(33)24-15-23(20-12-6-7-13-21(20)28)29-25-16-22(30-32(24)25)18-9-4-3-5-10-18/h3-7,9-10,12-13,15-16,19H,2,8,11,14,17H2,1H3. The van der Waals surface area contributed by atoms with Crippen LogP contribution < -0.4 is 0 Å². The molecule has 0 spiro atoms. The Bertz CT molecular complexity index is 1390. The number of nitrogens with zero attached hydrogens (tertiary/aromatic N) is 4. The number of hydrogen-bond acceptors (Lipinski definition) is 5. The van der Waals surface area contributed by atoms with Gasteiger partial charge in [0.25, 0.3) is 5.91 Å². The fourth-order valence-corrected chi connectivity index (χ4v) is 4.69. The zero-order valence-corrected chi connectivity index (χ0v) is 20.1. The van der Waals surface area contributed by atoms with Gasteiger partial charge in [0.15, 0.2) is 5.65 Å². The van der Waals surface area contributed by atoms with Crippen molar-refractivity contribution in [1.82, 2.24) is 19.5 Å². The van der Waals surface area contributed by atoms with E-state index in [9.17, 15) is 9.59 Å². The van der Waals surface area contributed by atoms with Gasteiger partial charge in [-0.15, -0.1) is 0 Å². The van der Waals surface area contributed by atoms with Crippen LogP contribution in [-0.4, -0.2) is 51.1 Å². The first-order valence-corrected chi connectivity index (χ1v) is 12.1. The van der Waals surface area contributed by atoms with Crippen molar-refractivity contribution in [3.63, 3.8) is 0 Å². The second kappa shape index (κ2) is 9.88. The average molecular weight is 489 g/mol. The molecule has 4 aromatic rings. The number of halogens is 1. The average Bonchev–Trinajstić information content (AvgIpc) is 3.33. The van der Waals surface area contributed by atoms with Crippen molar-refractivity contribution in [1.29, 1.82) is 0 Å². The van der Waals surface area contributed by atoms with Gasteiger partial charge in [-0.1, -0.05) is 60.1 Å². The summed E-state index contributed by atoms with van der Waals surface area (Å²) in [6.45, 7) is 2.99. The lowest BCUT2D eigenvalue weighted by molar-refractivity contribution is -0.149. The van der Waals surface area contributed by atoms with E-state index in [1.54, 1.807) is 28.5 Å². The first-order valence-electron chi connectivity index (χ1n) is 11.7. The summed E-state index contributed by atoms with van der Waals surface area (Å²) >= 11 is 6.47. The third-order valence-corrected chi connectivity index (χ3v) is 6.52. The van der Waals surface area contributed by atoms with E-state index in [0.717, 1.165) is 17.5 Å². The van der Waals surface area contributed by atoms with E-state index in [-0.39, 0.29) is 17.8 Å². The normalized spacial score (nSPS) is 15.8. The molecule has 5 rings (SSSR count). The number of carbonyl (C=O) groups excluding carboxylic acids is 2. The maximum Gasteiger partial charge on any atom is 0.310 e. The van der Waals surface area contributed by atoms with Gasteiger partial charge >= 0.3 is 5.97 Å². The number of fused-ring (bicyclic) bond motifs is 1. The van der Waals surface area contributed by atoms with Gasteiger partial charge < -0.3 is 9.64 Å². The van der Waals surface area contributed by atoms with Crippen LogP contribution in [0.3, 0.4) is 0 Å². The topological polar surface area (TPSA) is 76.8 Å². The Hall–Kier alpha value is -3.71. The van der Waals surface area contributed by atoms with Crippen molar-refractivity contribution in [2.45, 2.75) is 19.8 Å². The van der Waals surface area contributed by atoms with Gasteiger partial charge in [0.1, 0.15) is 5.69 Å².